The molecule has 2 aliphatic heterocycles. The Morgan fingerprint density at radius 3 is 2.70 bits per heavy atom. The van der Waals surface area contributed by atoms with E-state index in [2.05, 4.69) is 52.7 Å². The third-order valence-corrected chi connectivity index (χ3v) is 5.11. The summed E-state index contributed by atoms with van der Waals surface area (Å²) in [7, 11) is 0. The van der Waals surface area contributed by atoms with Crippen molar-refractivity contribution in [2.45, 2.75) is 37.8 Å². The van der Waals surface area contributed by atoms with E-state index in [1.54, 1.807) is 0 Å². The maximum atomic E-state index is 12.8. The molecule has 23 heavy (non-hydrogen) atoms. The Balaban J connectivity index is 0.00000156. The Kier molecular flexibility index (Phi) is 4.88. The number of nitrogens with one attached hydrogen (secondary N) is 1. The van der Waals surface area contributed by atoms with Gasteiger partial charge >= 0.3 is 0 Å². The molecule has 2 aliphatic rings. The van der Waals surface area contributed by atoms with Crippen LogP contribution in [0.25, 0.3) is 10.8 Å². The van der Waals surface area contributed by atoms with Gasteiger partial charge in [-0.1, -0.05) is 42.5 Å². The van der Waals surface area contributed by atoms with Crippen LogP contribution < -0.4 is 5.32 Å². The first-order valence-corrected chi connectivity index (χ1v) is 8.31. The Labute approximate surface area is 143 Å². The van der Waals surface area contributed by atoms with Crippen LogP contribution >= 0.6 is 12.4 Å². The summed E-state index contributed by atoms with van der Waals surface area (Å²) in [6.45, 7) is 2.00. The SMILES string of the molecule is Cl.O=C(Cc1ccc2ccccc2c1)N1C2CCNCC1CC2. The smallest absolute Gasteiger partial charge is 0.227 e. The summed E-state index contributed by atoms with van der Waals surface area (Å²) < 4.78 is 0. The zero-order valence-corrected chi connectivity index (χ0v) is 14.0. The van der Waals surface area contributed by atoms with E-state index < -0.39 is 0 Å². The molecule has 2 fully saturated rings. The third-order valence-electron chi connectivity index (χ3n) is 5.11. The largest absolute Gasteiger partial charge is 0.335 e. The predicted molar refractivity (Wildman–Crippen MR) is 96.0 cm³/mol. The van der Waals surface area contributed by atoms with Gasteiger partial charge in [0.2, 0.25) is 5.91 Å². The lowest BCUT2D eigenvalue weighted by molar-refractivity contribution is -0.133. The van der Waals surface area contributed by atoms with E-state index >= 15 is 0 Å². The molecule has 1 N–H and O–H groups in total. The third kappa shape index (κ3) is 3.22. The molecule has 0 radical (unpaired) electrons. The summed E-state index contributed by atoms with van der Waals surface area (Å²) in [6.07, 6.45) is 3.95. The molecule has 2 saturated heterocycles. The molecule has 2 aromatic rings. The first kappa shape index (κ1) is 16.3. The molecule has 4 heteroatoms. The summed E-state index contributed by atoms with van der Waals surface area (Å²) in [6, 6.07) is 15.6. The predicted octanol–water partition coefficient (Wildman–Crippen LogP) is 3.16. The molecule has 0 aliphatic carbocycles. The van der Waals surface area contributed by atoms with Crippen molar-refractivity contribution in [2.24, 2.45) is 0 Å². The summed E-state index contributed by atoms with van der Waals surface area (Å²) in [5.74, 6) is 0.298. The minimum Gasteiger partial charge on any atom is -0.335 e. The van der Waals surface area contributed by atoms with Gasteiger partial charge in [0.1, 0.15) is 0 Å². The molecule has 2 atom stereocenters. The number of carbonyl (C=O) groups excluding carboxylic acids is 1. The lowest BCUT2D eigenvalue weighted by Gasteiger charge is -2.28. The van der Waals surface area contributed by atoms with E-state index in [1.165, 1.54) is 17.2 Å². The van der Waals surface area contributed by atoms with Crippen LogP contribution in [0.3, 0.4) is 0 Å². The molecule has 0 spiro atoms. The first-order chi connectivity index (χ1) is 10.8. The van der Waals surface area contributed by atoms with E-state index in [0.717, 1.165) is 31.5 Å². The molecule has 0 saturated carbocycles. The normalized spacial score (nSPS) is 23.4. The number of amides is 1. The summed E-state index contributed by atoms with van der Waals surface area (Å²) >= 11 is 0. The molecule has 1 amide bonds. The Morgan fingerprint density at radius 1 is 1.04 bits per heavy atom. The molecule has 2 heterocycles. The van der Waals surface area contributed by atoms with Crippen LogP contribution in [0, 0.1) is 0 Å². The fourth-order valence-corrected chi connectivity index (χ4v) is 4.00. The molecular weight excluding hydrogens is 308 g/mol. The summed E-state index contributed by atoms with van der Waals surface area (Å²) in [5.41, 5.74) is 1.13. The van der Waals surface area contributed by atoms with Crippen LogP contribution in [0.1, 0.15) is 24.8 Å². The van der Waals surface area contributed by atoms with Crippen LogP contribution in [0.5, 0.6) is 0 Å². The van der Waals surface area contributed by atoms with E-state index in [0.29, 0.717) is 24.4 Å². The van der Waals surface area contributed by atoms with Gasteiger partial charge in [-0.05, 0) is 42.1 Å². The number of hydrogen-bond acceptors (Lipinski definition) is 2. The Bertz CT molecular complexity index is 689. The van der Waals surface area contributed by atoms with Crippen LogP contribution in [-0.2, 0) is 11.2 Å². The second-order valence-corrected chi connectivity index (χ2v) is 6.54. The van der Waals surface area contributed by atoms with Gasteiger partial charge in [-0.15, -0.1) is 12.4 Å². The van der Waals surface area contributed by atoms with Gasteiger partial charge in [0.25, 0.3) is 0 Å². The van der Waals surface area contributed by atoms with Crippen molar-refractivity contribution in [3.63, 3.8) is 0 Å². The quantitative estimate of drug-likeness (QED) is 0.917. The van der Waals surface area contributed by atoms with Crippen LogP contribution in [0.4, 0.5) is 0 Å². The molecule has 2 bridgehead atoms. The summed E-state index contributed by atoms with van der Waals surface area (Å²) in [5, 5.41) is 5.91. The van der Waals surface area contributed by atoms with Gasteiger partial charge in [0.15, 0.2) is 0 Å². The molecule has 4 rings (SSSR count). The number of carbonyl (C=O) groups is 1. The van der Waals surface area contributed by atoms with E-state index in [1.807, 2.05) is 0 Å². The second kappa shape index (κ2) is 6.90. The summed E-state index contributed by atoms with van der Waals surface area (Å²) in [4.78, 5) is 15.0. The van der Waals surface area contributed by atoms with Gasteiger partial charge in [-0.2, -0.15) is 0 Å². The molecular formula is C19H23ClN2O. The Hall–Kier alpha value is -1.58. The lowest BCUT2D eigenvalue weighted by Crippen LogP contribution is -2.43. The van der Waals surface area contributed by atoms with Crippen LogP contribution in [0.2, 0.25) is 0 Å². The highest BCUT2D eigenvalue weighted by Crippen LogP contribution is 2.28. The van der Waals surface area contributed by atoms with Gasteiger partial charge in [-0.3, -0.25) is 4.79 Å². The molecule has 3 nitrogen and oxygen atoms in total. The zero-order chi connectivity index (χ0) is 14.9. The minimum absolute atomic E-state index is 0. The van der Waals surface area contributed by atoms with Gasteiger partial charge in [0.05, 0.1) is 6.42 Å². The second-order valence-electron chi connectivity index (χ2n) is 6.54. The number of benzene rings is 2. The topological polar surface area (TPSA) is 32.3 Å². The van der Waals surface area contributed by atoms with E-state index in [-0.39, 0.29) is 12.4 Å². The fraction of sp³-hybridized carbons (Fsp3) is 0.421. The number of nitrogens with zero attached hydrogens (tertiary/aromatic N) is 1. The van der Waals surface area contributed by atoms with Crippen LogP contribution in [0.15, 0.2) is 42.5 Å². The van der Waals surface area contributed by atoms with Crippen molar-refractivity contribution < 1.29 is 4.79 Å². The maximum absolute atomic E-state index is 12.8. The van der Waals surface area contributed by atoms with Gasteiger partial charge in [0, 0.05) is 18.6 Å². The average molecular weight is 331 g/mol. The standard InChI is InChI=1S/C19H22N2O.ClH/c22-19(21-17-7-8-18(21)13-20-10-9-17)12-14-5-6-15-3-1-2-4-16(15)11-14;/h1-6,11,17-18,20H,7-10,12-13H2;1H. The highest BCUT2D eigenvalue weighted by Gasteiger charge is 2.37. The average Bonchev–Trinajstić information content (AvgIpc) is 2.80. The van der Waals surface area contributed by atoms with Crippen LogP contribution in [-0.4, -0.2) is 36.0 Å². The highest BCUT2D eigenvalue weighted by atomic mass is 35.5. The Morgan fingerprint density at radius 2 is 1.83 bits per heavy atom. The molecule has 122 valence electrons. The van der Waals surface area contributed by atoms with Crippen molar-refractivity contribution in [3.8, 4) is 0 Å². The van der Waals surface area contributed by atoms with Crippen molar-refractivity contribution in [1.29, 1.82) is 0 Å². The highest BCUT2D eigenvalue weighted by molar-refractivity contribution is 5.86. The van der Waals surface area contributed by atoms with E-state index in [9.17, 15) is 4.79 Å². The van der Waals surface area contributed by atoms with Crippen molar-refractivity contribution in [2.75, 3.05) is 13.1 Å². The number of hydrogen-bond donors (Lipinski definition) is 1. The zero-order valence-electron chi connectivity index (χ0n) is 13.2. The van der Waals surface area contributed by atoms with Gasteiger partial charge < -0.3 is 10.2 Å². The maximum Gasteiger partial charge on any atom is 0.227 e. The number of halogens is 1. The van der Waals surface area contributed by atoms with E-state index in [4.69, 9.17) is 0 Å². The molecule has 2 unspecified atom stereocenters. The minimum atomic E-state index is 0. The molecule has 0 aromatic heterocycles. The van der Waals surface area contributed by atoms with Gasteiger partial charge in [-0.25, -0.2) is 0 Å². The first-order valence-electron chi connectivity index (χ1n) is 8.31. The fourth-order valence-electron chi connectivity index (χ4n) is 4.00. The monoisotopic (exact) mass is 330 g/mol. The number of fused-ring (bicyclic) bond motifs is 3. The van der Waals surface area contributed by atoms with Crippen molar-refractivity contribution >= 4 is 29.1 Å². The molecule has 2 aromatic carbocycles. The van der Waals surface area contributed by atoms with Crippen molar-refractivity contribution in [1.82, 2.24) is 10.2 Å². The lowest BCUT2D eigenvalue weighted by atomic mass is 10.0. The number of rotatable bonds is 2. The van der Waals surface area contributed by atoms with Crippen molar-refractivity contribution in [3.05, 3.63) is 48.0 Å².